The van der Waals surface area contributed by atoms with Crippen LogP contribution in [0.25, 0.3) is 11.1 Å². The zero-order valence-corrected chi connectivity index (χ0v) is 15.4. The second-order valence-electron chi connectivity index (χ2n) is 4.28. The quantitative estimate of drug-likeness (QED) is 0.275. The molecule has 22 heavy (non-hydrogen) atoms. The summed E-state index contributed by atoms with van der Waals surface area (Å²) in [6.07, 6.45) is 3.67. The van der Waals surface area contributed by atoms with Crippen LogP contribution in [0.2, 0.25) is 0 Å². The Morgan fingerprint density at radius 2 is 1.14 bits per heavy atom. The molecular formula is C15H30CrN2O4+5. The van der Waals surface area contributed by atoms with Gasteiger partial charge >= 0.3 is 17.4 Å². The molecule has 0 saturated heterocycles. The van der Waals surface area contributed by atoms with Crippen LogP contribution in [0.5, 0.6) is 0 Å². The molecule has 0 spiro atoms. The molecule has 0 rings (SSSR count). The summed E-state index contributed by atoms with van der Waals surface area (Å²) in [6, 6.07) is 0. The summed E-state index contributed by atoms with van der Waals surface area (Å²) < 4.78 is 0. The van der Waals surface area contributed by atoms with Crippen LogP contribution in [0, 0.1) is 12.8 Å². The van der Waals surface area contributed by atoms with Crippen LogP contribution in [0.1, 0.15) is 41.0 Å². The number of nitrogens with zero attached hydrogens (tertiary/aromatic N) is 1. The first-order valence-electron chi connectivity index (χ1n) is 6.74. The summed E-state index contributed by atoms with van der Waals surface area (Å²) >= 11 is 0. The Balaban J connectivity index is -0.000000108. The van der Waals surface area contributed by atoms with E-state index in [-0.39, 0.29) is 40.5 Å². The molecule has 0 aromatic heterocycles. The van der Waals surface area contributed by atoms with Crippen LogP contribution in [-0.2, 0) is 17.4 Å². The minimum Gasteiger partial charge on any atom is -0.679 e. The molecule has 0 bridgehead atoms. The molecule has 0 fully saturated rings. The average molecular weight is 354 g/mol. The molecular weight excluding hydrogens is 324 g/mol. The van der Waals surface area contributed by atoms with Crippen LogP contribution in [0.3, 0.4) is 0 Å². The molecule has 0 heterocycles. The van der Waals surface area contributed by atoms with Gasteiger partial charge in [0.15, 0.2) is 23.1 Å². The molecule has 0 aromatic rings. The van der Waals surface area contributed by atoms with E-state index in [0.29, 0.717) is 13.1 Å². The number of ketones is 4. The van der Waals surface area contributed by atoms with Crippen molar-refractivity contribution < 1.29 is 36.5 Å². The van der Waals surface area contributed by atoms with E-state index >= 15 is 0 Å². The van der Waals surface area contributed by atoms with Crippen LogP contribution >= 0.6 is 0 Å². The fourth-order valence-electron chi connectivity index (χ4n) is 0.954. The van der Waals surface area contributed by atoms with Crippen molar-refractivity contribution in [3.05, 3.63) is 23.9 Å². The van der Waals surface area contributed by atoms with E-state index in [4.69, 9.17) is 24.9 Å². The SMILES string of the molecule is CC(=[OH+])[CH-]C(C)=[OH+].CC(=[OH+])[CH-]C(C)=[OH+].CCC[N-]CC[NH-].[Cr+5]. The van der Waals surface area contributed by atoms with E-state index in [1.165, 1.54) is 40.5 Å². The van der Waals surface area contributed by atoms with E-state index in [1.807, 2.05) is 0 Å². The topological polar surface area (TPSA) is 123 Å². The van der Waals surface area contributed by atoms with Gasteiger partial charge in [-0.15, -0.1) is 6.54 Å². The van der Waals surface area contributed by atoms with Crippen molar-refractivity contribution in [3.8, 4) is 0 Å². The van der Waals surface area contributed by atoms with Gasteiger partial charge in [-0.25, -0.2) is 0 Å². The zero-order valence-electron chi connectivity index (χ0n) is 14.1. The fraction of sp³-hybridized carbons (Fsp3) is 0.600. The third-order valence-corrected chi connectivity index (χ3v) is 1.49. The molecule has 125 valence electrons. The Kier molecular flexibility index (Phi) is 29.2. The second kappa shape index (κ2) is 22.2. The van der Waals surface area contributed by atoms with Crippen molar-refractivity contribution in [1.29, 1.82) is 0 Å². The van der Waals surface area contributed by atoms with Gasteiger partial charge in [-0.3, -0.25) is 0 Å². The number of nitrogens with one attached hydrogen (secondary N) is 1. The van der Waals surface area contributed by atoms with Crippen LogP contribution in [-0.4, -0.2) is 61.9 Å². The maximum Gasteiger partial charge on any atom is 5.00 e. The first-order valence-corrected chi connectivity index (χ1v) is 6.74. The standard InChI is InChI=1S/C5H12N2.2C5H7O2.Cr/c1-2-4-7-5-3-6;2*1-4(6)3-5(2)7;/h6H,2-5H2,1H3;2*3H,1-2H3;/q-2;2*-1;+5/p+4. The third-order valence-electron chi connectivity index (χ3n) is 1.49. The van der Waals surface area contributed by atoms with Gasteiger partial charge in [0.05, 0.1) is 0 Å². The van der Waals surface area contributed by atoms with E-state index in [1.54, 1.807) is 0 Å². The Morgan fingerprint density at radius 1 is 0.818 bits per heavy atom. The number of hydrogen-bond acceptors (Lipinski definition) is 0. The first-order chi connectivity index (χ1) is 9.67. The van der Waals surface area contributed by atoms with Gasteiger partial charge in [0.25, 0.3) is 0 Å². The predicted octanol–water partition coefficient (Wildman–Crippen LogP) is 2.46. The van der Waals surface area contributed by atoms with Crippen molar-refractivity contribution >= 4 is 23.1 Å². The molecule has 0 aliphatic rings. The van der Waals surface area contributed by atoms with Gasteiger partial charge < -0.3 is 30.2 Å². The second-order valence-corrected chi connectivity index (χ2v) is 4.28. The van der Waals surface area contributed by atoms with Crippen molar-refractivity contribution in [2.45, 2.75) is 41.0 Å². The van der Waals surface area contributed by atoms with Gasteiger partial charge in [0.1, 0.15) is 0 Å². The maximum absolute atomic E-state index is 8.40. The zero-order chi connectivity index (χ0) is 17.3. The third kappa shape index (κ3) is 51.0. The number of hydrogen-bond donors (Lipinski definition) is 0. The van der Waals surface area contributed by atoms with E-state index in [9.17, 15) is 0 Å². The van der Waals surface area contributed by atoms with Crippen LogP contribution in [0.4, 0.5) is 0 Å². The minimum atomic E-state index is 0. The van der Waals surface area contributed by atoms with Crippen LogP contribution in [0.15, 0.2) is 0 Å². The molecule has 1 radical (unpaired) electrons. The van der Waals surface area contributed by atoms with Gasteiger partial charge in [0.2, 0.25) is 0 Å². The van der Waals surface area contributed by atoms with Crippen molar-refractivity contribution in [2.75, 3.05) is 19.6 Å². The molecule has 0 amide bonds. The van der Waals surface area contributed by atoms with E-state index in [0.717, 1.165) is 13.0 Å². The van der Waals surface area contributed by atoms with Gasteiger partial charge in [0, 0.05) is 27.7 Å². The molecule has 5 N–H and O–H groups in total. The van der Waals surface area contributed by atoms with Crippen molar-refractivity contribution in [2.24, 2.45) is 0 Å². The van der Waals surface area contributed by atoms with Gasteiger partial charge in [-0.2, -0.15) is 25.9 Å². The number of carbonyl (C=O) groups excluding carboxylic acids is 4. The molecule has 0 saturated carbocycles. The smallest absolute Gasteiger partial charge is 0.679 e. The summed E-state index contributed by atoms with van der Waals surface area (Å²) in [4.78, 5) is 33.6. The predicted molar refractivity (Wildman–Crippen MR) is 91.6 cm³/mol. The van der Waals surface area contributed by atoms with Crippen molar-refractivity contribution in [1.82, 2.24) is 0 Å². The van der Waals surface area contributed by atoms with E-state index < -0.39 is 0 Å². The summed E-state index contributed by atoms with van der Waals surface area (Å²) in [5, 5.41) is 4.02. The molecule has 7 heteroatoms. The fourth-order valence-corrected chi connectivity index (χ4v) is 0.954. The molecule has 0 atom stereocenters. The summed E-state index contributed by atoms with van der Waals surface area (Å²) in [7, 11) is 0. The Hall–Kier alpha value is -1.13. The van der Waals surface area contributed by atoms with Crippen LogP contribution < -0.4 is 0 Å². The largest absolute Gasteiger partial charge is 5.00 e. The summed E-state index contributed by atoms with van der Waals surface area (Å²) in [5.41, 5.74) is 6.69. The van der Waals surface area contributed by atoms with Gasteiger partial charge in [-0.05, 0) is 0 Å². The first kappa shape index (κ1) is 29.0. The monoisotopic (exact) mass is 354 g/mol. The molecule has 0 unspecified atom stereocenters. The summed E-state index contributed by atoms with van der Waals surface area (Å²) in [6.45, 7) is 10.2. The summed E-state index contributed by atoms with van der Waals surface area (Å²) in [5.74, 6) is 0.500. The number of rotatable bonds is 8. The Labute approximate surface area is 144 Å². The van der Waals surface area contributed by atoms with Gasteiger partial charge in [-0.1, -0.05) is 13.3 Å². The normalized spacial score (nSPS) is 7.91. The Bertz CT molecular complexity index is 267. The molecule has 0 aromatic carbocycles. The molecule has 6 nitrogen and oxygen atoms in total. The minimum absolute atomic E-state index is 0. The molecule has 0 aliphatic carbocycles. The average Bonchev–Trinajstić information content (AvgIpc) is 2.27. The van der Waals surface area contributed by atoms with E-state index in [2.05, 4.69) is 12.2 Å². The Morgan fingerprint density at radius 3 is 1.27 bits per heavy atom. The molecule has 0 aliphatic heterocycles. The van der Waals surface area contributed by atoms with Crippen molar-refractivity contribution in [3.63, 3.8) is 0 Å². The maximum atomic E-state index is 8.40.